The Hall–Kier alpha value is -2.80. The molecule has 7 nitrogen and oxygen atoms in total. The molecule has 5 N–H and O–H groups in total. The summed E-state index contributed by atoms with van der Waals surface area (Å²) in [7, 11) is 0. The number of hydrazine groups is 1. The Morgan fingerprint density at radius 3 is 2.85 bits per heavy atom. The van der Waals surface area contributed by atoms with E-state index in [9.17, 15) is 4.79 Å². The van der Waals surface area contributed by atoms with Crippen LogP contribution < -0.4 is 21.9 Å². The second-order valence-corrected chi connectivity index (χ2v) is 6.80. The number of benzene rings is 1. The highest BCUT2D eigenvalue weighted by Gasteiger charge is 2.11. The number of rotatable bonds is 7. The molecular formula is C19H23ClN6O. The van der Waals surface area contributed by atoms with E-state index in [1.807, 2.05) is 0 Å². The number of nitrogen functional groups attached to an aromatic ring is 1. The molecule has 0 aliphatic heterocycles. The summed E-state index contributed by atoms with van der Waals surface area (Å²) in [5.74, 6) is 0.537. The Bertz CT molecular complexity index is 839. The van der Waals surface area contributed by atoms with E-state index in [4.69, 9.17) is 17.3 Å². The molecule has 0 saturated heterocycles. The van der Waals surface area contributed by atoms with Gasteiger partial charge in [-0.3, -0.25) is 15.6 Å². The molecule has 2 aromatic rings. The van der Waals surface area contributed by atoms with Crippen LogP contribution in [-0.2, 0) is 0 Å². The van der Waals surface area contributed by atoms with Gasteiger partial charge in [-0.15, -0.1) is 0 Å². The van der Waals surface area contributed by atoms with E-state index in [0.717, 1.165) is 13.0 Å². The zero-order chi connectivity index (χ0) is 19.1. The maximum Gasteiger partial charge on any atom is 0.269 e. The van der Waals surface area contributed by atoms with E-state index >= 15 is 0 Å². The number of carbonyl (C=O) groups is 1. The molecule has 0 saturated carbocycles. The van der Waals surface area contributed by atoms with Gasteiger partial charge in [0.15, 0.2) is 11.6 Å². The van der Waals surface area contributed by atoms with Gasteiger partial charge in [0.25, 0.3) is 5.91 Å². The fourth-order valence-electron chi connectivity index (χ4n) is 2.93. The van der Waals surface area contributed by atoms with E-state index in [-0.39, 0.29) is 5.91 Å². The average Bonchev–Trinajstić information content (AvgIpc) is 2.69. The van der Waals surface area contributed by atoms with Gasteiger partial charge in [0.2, 0.25) is 0 Å². The molecule has 0 fully saturated rings. The van der Waals surface area contributed by atoms with Crippen molar-refractivity contribution in [1.29, 1.82) is 0 Å². The van der Waals surface area contributed by atoms with Crippen LogP contribution in [0.25, 0.3) is 0 Å². The van der Waals surface area contributed by atoms with Gasteiger partial charge < -0.3 is 11.1 Å². The maximum atomic E-state index is 12.2. The topological polar surface area (TPSA) is 105 Å². The molecule has 0 atom stereocenters. The van der Waals surface area contributed by atoms with Gasteiger partial charge in [0.05, 0.1) is 0 Å². The van der Waals surface area contributed by atoms with Crippen LogP contribution in [0.4, 0.5) is 17.3 Å². The van der Waals surface area contributed by atoms with Crippen molar-refractivity contribution in [3.63, 3.8) is 0 Å². The van der Waals surface area contributed by atoms with Crippen LogP contribution in [0.1, 0.15) is 42.5 Å². The number of aromatic nitrogens is 2. The number of nitrogens with zero attached hydrogens (tertiary/aromatic N) is 2. The maximum absolute atomic E-state index is 12.2. The first-order chi connectivity index (χ1) is 13.1. The first-order valence-electron chi connectivity index (χ1n) is 8.97. The van der Waals surface area contributed by atoms with Crippen molar-refractivity contribution >= 4 is 34.8 Å². The van der Waals surface area contributed by atoms with Crippen LogP contribution in [0, 0.1) is 0 Å². The van der Waals surface area contributed by atoms with E-state index in [1.165, 1.54) is 37.6 Å². The summed E-state index contributed by atoms with van der Waals surface area (Å²) in [5, 5.41) is 3.73. The van der Waals surface area contributed by atoms with E-state index in [0.29, 0.717) is 27.9 Å². The van der Waals surface area contributed by atoms with Gasteiger partial charge in [0.1, 0.15) is 12.0 Å². The third-order valence-electron chi connectivity index (χ3n) is 4.39. The highest BCUT2D eigenvalue weighted by Crippen LogP contribution is 2.23. The normalized spacial score (nSPS) is 13.6. The Balaban J connectivity index is 1.56. The van der Waals surface area contributed by atoms with Gasteiger partial charge in [0, 0.05) is 17.1 Å². The van der Waals surface area contributed by atoms with Crippen molar-refractivity contribution in [3.05, 3.63) is 52.8 Å². The van der Waals surface area contributed by atoms with E-state index in [2.05, 4.69) is 32.2 Å². The quantitative estimate of drug-likeness (QED) is 0.426. The van der Waals surface area contributed by atoms with Crippen molar-refractivity contribution in [2.45, 2.75) is 32.1 Å². The monoisotopic (exact) mass is 386 g/mol. The van der Waals surface area contributed by atoms with Gasteiger partial charge >= 0.3 is 0 Å². The lowest BCUT2D eigenvalue weighted by Gasteiger charge is -2.15. The van der Waals surface area contributed by atoms with Crippen molar-refractivity contribution in [1.82, 2.24) is 15.4 Å². The first kappa shape index (κ1) is 19.0. The Labute approximate surface area is 163 Å². The molecule has 8 heteroatoms. The van der Waals surface area contributed by atoms with Crippen LogP contribution in [0.2, 0.25) is 5.02 Å². The largest absolute Gasteiger partial charge is 0.393 e. The molecule has 0 spiro atoms. The molecule has 1 aliphatic carbocycles. The minimum Gasteiger partial charge on any atom is -0.393 e. The SMILES string of the molecule is Nc1c(NCCC2=CCCCC2)ncnc1NNC(=O)c1cccc(Cl)c1. The van der Waals surface area contributed by atoms with Crippen molar-refractivity contribution in [2.24, 2.45) is 0 Å². The fraction of sp³-hybridized carbons (Fsp3) is 0.316. The number of nitrogens with one attached hydrogen (secondary N) is 3. The third-order valence-corrected chi connectivity index (χ3v) is 4.62. The number of hydrogen-bond donors (Lipinski definition) is 4. The summed E-state index contributed by atoms with van der Waals surface area (Å²) in [6, 6.07) is 6.66. The van der Waals surface area contributed by atoms with Gasteiger partial charge in [-0.2, -0.15) is 0 Å². The molecule has 1 aromatic carbocycles. The molecule has 27 heavy (non-hydrogen) atoms. The summed E-state index contributed by atoms with van der Waals surface area (Å²) in [4.78, 5) is 20.4. The molecule has 0 bridgehead atoms. The highest BCUT2D eigenvalue weighted by molar-refractivity contribution is 6.30. The zero-order valence-corrected chi connectivity index (χ0v) is 15.7. The Morgan fingerprint density at radius 2 is 2.07 bits per heavy atom. The van der Waals surface area contributed by atoms with Crippen LogP contribution in [-0.4, -0.2) is 22.4 Å². The molecule has 0 unspecified atom stereocenters. The lowest BCUT2D eigenvalue weighted by Crippen LogP contribution is -2.30. The number of amides is 1. The number of anilines is 3. The van der Waals surface area contributed by atoms with Crippen molar-refractivity contribution in [3.8, 4) is 0 Å². The second-order valence-electron chi connectivity index (χ2n) is 6.36. The smallest absolute Gasteiger partial charge is 0.269 e. The number of carbonyl (C=O) groups excluding carboxylic acids is 1. The summed E-state index contributed by atoms with van der Waals surface area (Å²) < 4.78 is 0. The lowest BCUT2D eigenvalue weighted by molar-refractivity contribution is 0.0962. The second kappa shape index (κ2) is 9.23. The van der Waals surface area contributed by atoms with Crippen molar-refractivity contribution < 1.29 is 4.79 Å². The molecule has 1 heterocycles. The molecule has 0 radical (unpaired) electrons. The number of hydrogen-bond acceptors (Lipinski definition) is 6. The Morgan fingerprint density at radius 1 is 1.22 bits per heavy atom. The summed E-state index contributed by atoms with van der Waals surface area (Å²) in [6.45, 7) is 0.751. The standard InChI is InChI=1S/C19H23ClN6O/c20-15-8-4-7-14(11-15)19(27)26-25-18-16(21)17(23-12-24-18)22-10-9-13-5-2-1-3-6-13/h4-5,7-8,11-12H,1-3,6,9-10,21H2,(H,26,27)(H2,22,23,24,25). The molecule has 1 aromatic heterocycles. The van der Waals surface area contributed by atoms with Crippen molar-refractivity contribution in [2.75, 3.05) is 23.0 Å². The number of allylic oxidation sites excluding steroid dienone is 1. The highest BCUT2D eigenvalue weighted by atomic mass is 35.5. The molecule has 3 rings (SSSR count). The van der Waals surface area contributed by atoms with Gasteiger partial charge in [-0.05, 0) is 50.3 Å². The van der Waals surface area contributed by atoms with Gasteiger partial charge in [-0.25, -0.2) is 9.97 Å². The lowest BCUT2D eigenvalue weighted by atomic mass is 9.97. The zero-order valence-electron chi connectivity index (χ0n) is 15.0. The third kappa shape index (κ3) is 5.34. The average molecular weight is 387 g/mol. The van der Waals surface area contributed by atoms with Crippen LogP contribution in [0.15, 0.2) is 42.2 Å². The minimum atomic E-state index is -0.339. The van der Waals surface area contributed by atoms with Gasteiger partial charge in [-0.1, -0.05) is 29.3 Å². The molecule has 1 amide bonds. The summed E-state index contributed by atoms with van der Waals surface area (Å²) in [6.07, 6.45) is 9.58. The molecule has 142 valence electrons. The minimum absolute atomic E-state index is 0.333. The molecular weight excluding hydrogens is 364 g/mol. The van der Waals surface area contributed by atoms with E-state index in [1.54, 1.807) is 24.3 Å². The Kier molecular flexibility index (Phi) is 6.49. The number of nitrogens with two attached hydrogens (primary N) is 1. The predicted molar refractivity (Wildman–Crippen MR) is 109 cm³/mol. The molecule has 1 aliphatic rings. The number of halogens is 1. The van der Waals surface area contributed by atoms with Crippen LogP contribution in [0.5, 0.6) is 0 Å². The fourth-order valence-corrected chi connectivity index (χ4v) is 3.12. The summed E-state index contributed by atoms with van der Waals surface area (Å²) >= 11 is 5.90. The van der Waals surface area contributed by atoms with E-state index < -0.39 is 0 Å². The summed E-state index contributed by atoms with van der Waals surface area (Å²) in [5.41, 5.74) is 13.7. The first-order valence-corrected chi connectivity index (χ1v) is 9.35. The van der Waals surface area contributed by atoms with Crippen LogP contribution in [0.3, 0.4) is 0 Å². The predicted octanol–water partition coefficient (Wildman–Crippen LogP) is 3.77. The van der Waals surface area contributed by atoms with Crippen LogP contribution >= 0.6 is 11.6 Å².